The molecular formula is C56H60N8Pt. The fourth-order valence-electron chi connectivity index (χ4n) is 10.0. The van der Waals surface area contributed by atoms with Crippen molar-refractivity contribution < 1.29 is 21.1 Å². The standard InChI is InChI=1S/C36H46N4.C20H14N4.Pt/c1-9-22-19-25-20-23-17-18-24(37-23)21-32-26(10-2)29(13-5)36(40(32)16-8)31(15-7)35-28(12-4)27(11-3)34(39-35)30(14-6)33(22)38-25;1-2-14-10-16-5-6-18(23-16)12-20-8-7-19(24-20)11-17-4-3-15(22-17)9-13(1)21-14;/h17-21,39H,9-16H2,1-8H3;1-12,21-22H;. The van der Waals surface area contributed by atoms with Crippen LogP contribution in [0.15, 0.2) is 60.7 Å². The van der Waals surface area contributed by atoms with Crippen LogP contribution in [-0.2, 0) is 66.1 Å². The number of nitrogens with one attached hydrogen (secondary N) is 3. The monoisotopic (exact) mass is 1040 g/mol. The summed E-state index contributed by atoms with van der Waals surface area (Å²) in [5, 5.41) is 0. The SMILES string of the molecule is C1=Cc2cc3ccc(cc4ccc(cc5nc(cc1n2)C=C5)[nH]4)[nH]3.CCC1=Cc2cc3nc(cc4c(CC)c(CC)c(c(CC)c5[nH]c(c(CC)c1n2)c(CC)c5CC)n4CC)C=C3.[Pt]. The summed E-state index contributed by atoms with van der Waals surface area (Å²) in [6, 6.07) is 20.9. The zero-order chi connectivity index (χ0) is 44.5. The van der Waals surface area contributed by atoms with E-state index >= 15 is 0 Å². The Balaban J connectivity index is 0.000000195. The van der Waals surface area contributed by atoms with E-state index in [4.69, 9.17) is 9.97 Å². The van der Waals surface area contributed by atoms with Gasteiger partial charge < -0.3 is 19.5 Å². The quantitative estimate of drug-likeness (QED) is 0.141. The Morgan fingerprint density at radius 3 is 1.29 bits per heavy atom. The first-order valence-electron chi connectivity index (χ1n) is 23.5. The van der Waals surface area contributed by atoms with Crippen LogP contribution < -0.4 is 0 Å². The van der Waals surface area contributed by atoms with Gasteiger partial charge in [-0.1, -0.05) is 48.5 Å². The molecule has 6 aromatic rings. The summed E-state index contributed by atoms with van der Waals surface area (Å²) >= 11 is 0. The van der Waals surface area contributed by atoms with E-state index in [1.807, 2.05) is 42.5 Å². The van der Waals surface area contributed by atoms with Crippen LogP contribution in [0.25, 0.3) is 92.2 Å². The summed E-state index contributed by atoms with van der Waals surface area (Å²) in [6.45, 7) is 19.3. The van der Waals surface area contributed by atoms with E-state index < -0.39 is 0 Å². The summed E-state index contributed by atoms with van der Waals surface area (Å²) in [5.74, 6) is 0. The predicted molar refractivity (Wildman–Crippen MR) is 273 cm³/mol. The van der Waals surface area contributed by atoms with E-state index in [9.17, 15) is 0 Å². The van der Waals surface area contributed by atoms with Crippen LogP contribution >= 0.6 is 0 Å². The van der Waals surface area contributed by atoms with E-state index in [-0.39, 0.29) is 21.1 Å². The van der Waals surface area contributed by atoms with Crippen molar-refractivity contribution >= 4 is 92.2 Å². The average molecular weight is 1040 g/mol. The van der Waals surface area contributed by atoms with Crippen molar-refractivity contribution in [3.8, 4) is 0 Å². The molecule has 6 aromatic heterocycles. The molecule has 0 aromatic carbocycles. The van der Waals surface area contributed by atoms with Crippen LogP contribution in [0.5, 0.6) is 0 Å². The molecule has 0 unspecified atom stereocenters. The van der Waals surface area contributed by atoms with Crippen LogP contribution in [0.4, 0.5) is 0 Å². The van der Waals surface area contributed by atoms with Gasteiger partial charge in [-0.25, -0.2) is 19.9 Å². The number of hydrogen-bond acceptors (Lipinski definition) is 4. The molecule has 65 heavy (non-hydrogen) atoms. The second kappa shape index (κ2) is 19.6. The topological polar surface area (TPSA) is 104 Å². The molecule has 16 bridgehead atoms. The first kappa shape index (κ1) is 45.5. The third-order valence-electron chi connectivity index (χ3n) is 12.9. The molecule has 4 aliphatic heterocycles. The smallest absolute Gasteiger partial charge is 0.0722 e. The number of hydrogen-bond donors (Lipinski definition) is 3. The Bertz CT molecular complexity index is 3180. The van der Waals surface area contributed by atoms with Crippen molar-refractivity contribution in [2.75, 3.05) is 0 Å². The molecule has 4 aliphatic rings. The van der Waals surface area contributed by atoms with Crippen molar-refractivity contribution in [2.45, 2.75) is 107 Å². The maximum atomic E-state index is 5.22. The predicted octanol–water partition coefficient (Wildman–Crippen LogP) is 14.0. The number of aromatic amines is 3. The first-order valence-corrected chi connectivity index (χ1v) is 23.5. The molecule has 0 atom stereocenters. The van der Waals surface area contributed by atoms with Crippen LogP contribution in [0.3, 0.4) is 0 Å². The van der Waals surface area contributed by atoms with Gasteiger partial charge in [0, 0.05) is 77.3 Å². The Labute approximate surface area is 397 Å². The van der Waals surface area contributed by atoms with E-state index in [1.54, 1.807) is 0 Å². The largest absolute Gasteiger partial charge is 0.355 e. The number of aryl methyl sites for hydroxylation is 7. The molecule has 0 spiro atoms. The van der Waals surface area contributed by atoms with Crippen molar-refractivity contribution in [3.63, 3.8) is 0 Å². The van der Waals surface area contributed by atoms with Gasteiger partial charge in [0.2, 0.25) is 0 Å². The maximum Gasteiger partial charge on any atom is 0.0722 e. The Morgan fingerprint density at radius 1 is 0.400 bits per heavy atom. The van der Waals surface area contributed by atoms with Gasteiger partial charge in [-0.3, -0.25) is 0 Å². The van der Waals surface area contributed by atoms with E-state index in [1.165, 1.54) is 61.0 Å². The second-order valence-electron chi connectivity index (χ2n) is 16.7. The first-order chi connectivity index (χ1) is 31.3. The summed E-state index contributed by atoms with van der Waals surface area (Å²) in [4.78, 5) is 30.3. The van der Waals surface area contributed by atoms with Crippen LogP contribution in [-0.4, -0.2) is 39.5 Å². The molecule has 0 saturated carbocycles. The minimum Gasteiger partial charge on any atom is -0.355 e. The van der Waals surface area contributed by atoms with Gasteiger partial charge in [-0.15, -0.1) is 0 Å². The van der Waals surface area contributed by atoms with E-state index in [0.29, 0.717) is 0 Å². The zero-order valence-corrected chi connectivity index (χ0v) is 41.3. The molecule has 0 saturated heterocycles. The van der Waals surface area contributed by atoms with Gasteiger partial charge in [0.1, 0.15) is 0 Å². The van der Waals surface area contributed by atoms with E-state index in [0.717, 1.165) is 119 Å². The molecule has 0 radical (unpaired) electrons. The fourth-order valence-corrected chi connectivity index (χ4v) is 10.0. The van der Waals surface area contributed by atoms with Crippen LogP contribution in [0, 0.1) is 0 Å². The second-order valence-corrected chi connectivity index (χ2v) is 16.7. The average Bonchev–Trinajstić information content (AvgIpc) is 4.17. The molecule has 10 rings (SSSR count). The molecule has 334 valence electrons. The van der Waals surface area contributed by atoms with Crippen LogP contribution in [0.2, 0.25) is 0 Å². The molecule has 8 nitrogen and oxygen atoms in total. The molecule has 0 aliphatic carbocycles. The third kappa shape index (κ3) is 8.86. The molecule has 0 amide bonds. The number of nitrogens with zero attached hydrogens (tertiary/aromatic N) is 5. The van der Waals surface area contributed by atoms with Gasteiger partial charge in [-0.05, 0) is 188 Å². The number of aromatic nitrogens is 8. The number of allylic oxidation sites excluding steroid dienone is 1. The normalized spacial score (nSPS) is 12.6. The Hall–Kier alpha value is -6.11. The van der Waals surface area contributed by atoms with Gasteiger partial charge in [0.05, 0.1) is 45.6 Å². The van der Waals surface area contributed by atoms with Gasteiger partial charge in [-0.2, -0.15) is 0 Å². The van der Waals surface area contributed by atoms with E-state index in [2.05, 4.69) is 146 Å². The maximum absolute atomic E-state index is 5.22. The van der Waals surface area contributed by atoms with Gasteiger partial charge in [0.15, 0.2) is 0 Å². The van der Waals surface area contributed by atoms with Crippen molar-refractivity contribution in [3.05, 3.63) is 140 Å². The molecular weight excluding hydrogens is 980 g/mol. The summed E-state index contributed by atoms with van der Waals surface area (Å²) < 4.78 is 2.57. The summed E-state index contributed by atoms with van der Waals surface area (Å²) in [5.41, 5.74) is 27.3. The third-order valence-corrected chi connectivity index (χ3v) is 12.9. The number of rotatable bonds is 8. The summed E-state index contributed by atoms with van der Waals surface area (Å²) in [6.07, 6.45) is 21.5. The van der Waals surface area contributed by atoms with Gasteiger partial charge in [0.25, 0.3) is 0 Å². The molecule has 3 N–H and O–H groups in total. The van der Waals surface area contributed by atoms with Crippen molar-refractivity contribution in [1.29, 1.82) is 0 Å². The van der Waals surface area contributed by atoms with Crippen molar-refractivity contribution in [2.24, 2.45) is 0 Å². The summed E-state index contributed by atoms with van der Waals surface area (Å²) in [7, 11) is 0. The van der Waals surface area contributed by atoms with Crippen LogP contribution in [0.1, 0.15) is 141 Å². The Morgan fingerprint density at radius 2 is 0.831 bits per heavy atom. The molecule has 9 heteroatoms. The molecule has 0 fully saturated rings. The Kier molecular flexibility index (Phi) is 13.7. The zero-order valence-electron chi connectivity index (χ0n) is 39.0. The number of H-pyrrole nitrogens is 3. The fraction of sp³-hybridized carbons (Fsp3) is 0.286. The van der Waals surface area contributed by atoms with Crippen molar-refractivity contribution in [1.82, 2.24) is 39.5 Å². The minimum absolute atomic E-state index is 0. The number of fused-ring (bicyclic) bond motifs is 16. The minimum atomic E-state index is 0. The molecule has 10 heterocycles. The van der Waals surface area contributed by atoms with Gasteiger partial charge >= 0.3 is 0 Å².